The Kier molecular flexibility index (Phi) is 4.81. The molecule has 2 heterocycles. The first-order valence-corrected chi connectivity index (χ1v) is 8.46. The van der Waals surface area contributed by atoms with Gasteiger partial charge in [0.1, 0.15) is 11.9 Å². The van der Waals surface area contributed by atoms with Gasteiger partial charge in [0.15, 0.2) is 0 Å². The summed E-state index contributed by atoms with van der Waals surface area (Å²) in [5.74, 6) is 1.82. The third-order valence-corrected chi connectivity index (χ3v) is 4.82. The van der Waals surface area contributed by atoms with Crippen LogP contribution in [0.4, 0.5) is 0 Å². The Balaban J connectivity index is 1.48. The molecule has 3 atom stereocenters. The number of rotatable bonds is 5. The van der Waals surface area contributed by atoms with Crippen molar-refractivity contribution in [3.63, 3.8) is 0 Å². The fraction of sp³-hybridized carbons (Fsp3) is 0.667. The summed E-state index contributed by atoms with van der Waals surface area (Å²) >= 11 is 0. The quantitative estimate of drug-likeness (QED) is 0.901. The molecule has 0 aliphatic carbocycles. The van der Waals surface area contributed by atoms with Crippen LogP contribution in [0.1, 0.15) is 32.3 Å². The van der Waals surface area contributed by atoms with Gasteiger partial charge in [0, 0.05) is 25.6 Å². The van der Waals surface area contributed by atoms with E-state index in [9.17, 15) is 0 Å². The first-order chi connectivity index (χ1) is 10.3. The van der Waals surface area contributed by atoms with E-state index in [1.54, 1.807) is 0 Å². The number of nitrogens with zero attached hydrogens (tertiary/aromatic N) is 1. The second-order valence-electron chi connectivity index (χ2n) is 6.64. The second kappa shape index (κ2) is 6.80. The highest BCUT2D eigenvalue weighted by Crippen LogP contribution is 2.29. The van der Waals surface area contributed by atoms with E-state index in [4.69, 9.17) is 4.74 Å². The Morgan fingerprint density at radius 1 is 1.33 bits per heavy atom. The first kappa shape index (κ1) is 14.9. The summed E-state index contributed by atoms with van der Waals surface area (Å²) in [5.41, 5.74) is 1.37. The Morgan fingerprint density at radius 3 is 2.95 bits per heavy atom. The van der Waals surface area contributed by atoms with Crippen molar-refractivity contribution in [2.24, 2.45) is 5.92 Å². The number of benzene rings is 1. The van der Waals surface area contributed by atoms with Gasteiger partial charge < -0.3 is 10.1 Å². The molecule has 1 aromatic rings. The zero-order valence-electron chi connectivity index (χ0n) is 13.3. The summed E-state index contributed by atoms with van der Waals surface area (Å²) in [6.07, 6.45) is 3.90. The molecule has 0 aromatic heterocycles. The van der Waals surface area contributed by atoms with Crippen LogP contribution in [0.2, 0.25) is 0 Å². The lowest BCUT2D eigenvalue weighted by atomic mass is 9.93. The van der Waals surface area contributed by atoms with Gasteiger partial charge in [-0.3, -0.25) is 4.90 Å². The van der Waals surface area contributed by atoms with Crippen LogP contribution in [0.15, 0.2) is 24.3 Å². The Hall–Kier alpha value is -1.06. The minimum absolute atomic E-state index is 0.342. The third-order valence-electron chi connectivity index (χ3n) is 4.82. The third kappa shape index (κ3) is 3.58. The van der Waals surface area contributed by atoms with Crippen molar-refractivity contribution in [3.8, 4) is 5.75 Å². The molecule has 1 N–H and O–H groups in total. The van der Waals surface area contributed by atoms with Crippen molar-refractivity contribution in [1.29, 1.82) is 0 Å². The number of para-hydroxylation sites is 1. The normalized spacial score (nSPS) is 29.1. The molecular formula is C18H28N2O. The van der Waals surface area contributed by atoms with E-state index in [1.807, 2.05) is 0 Å². The average Bonchev–Trinajstić information content (AvgIpc) is 2.88. The van der Waals surface area contributed by atoms with Crippen molar-refractivity contribution in [1.82, 2.24) is 10.2 Å². The van der Waals surface area contributed by atoms with E-state index in [-0.39, 0.29) is 0 Å². The van der Waals surface area contributed by atoms with Crippen LogP contribution >= 0.6 is 0 Å². The van der Waals surface area contributed by atoms with Crippen LogP contribution in [0.5, 0.6) is 5.75 Å². The molecule has 3 heteroatoms. The lowest BCUT2D eigenvalue weighted by Gasteiger charge is -2.38. The van der Waals surface area contributed by atoms with E-state index in [1.165, 1.54) is 31.5 Å². The molecule has 1 fully saturated rings. The molecule has 3 unspecified atom stereocenters. The predicted molar refractivity (Wildman–Crippen MR) is 86.9 cm³/mol. The van der Waals surface area contributed by atoms with Gasteiger partial charge >= 0.3 is 0 Å². The summed E-state index contributed by atoms with van der Waals surface area (Å²) in [5, 5.41) is 3.69. The maximum Gasteiger partial charge on any atom is 0.123 e. The number of likely N-dealkylation sites (tertiary alicyclic amines) is 1. The molecular weight excluding hydrogens is 260 g/mol. The summed E-state index contributed by atoms with van der Waals surface area (Å²) in [6.45, 7) is 9.22. The Labute approximate surface area is 128 Å². The zero-order valence-corrected chi connectivity index (χ0v) is 13.3. The Bertz CT molecular complexity index is 437. The predicted octanol–water partition coefficient (Wildman–Crippen LogP) is 2.70. The number of ether oxygens (including phenoxy) is 1. The molecule has 116 valence electrons. The van der Waals surface area contributed by atoms with Crippen molar-refractivity contribution in [3.05, 3.63) is 29.8 Å². The maximum atomic E-state index is 6.08. The molecule has 2 aliphatic rings. The lowest BCUT2D eigenvalue weighted by molar-refractivity contribution is 0.0977. The monoisotopic (exact) mass is 288 g/mol. The SMILES string of the molecule is CCCNC1CCN(CC2Cc3ccccc3O2)CC1C. The first-order valence-electron chi connectivity index (χ1n) is 8.46. The average molecular weight is 288 g/mol. The number of piperidine rings is 1. The van der Waals surface area contributed by atoms with Gasteiger partial charge in [0.05, 0.1) is 0 Å². The topological polar surface area (TPSA) is 24.5 Å². The maximum absolute atomic E-state index is 6.08. The molecule has 21 heavy (non-hydrogen) atoms. The van der Waals surface area contributed by atoms with Crippen LogP contribution in [0.3, 0.4) is 0 Å². The van der Waals surface area contributed by atoms with Gasteiger partial charge in [0.25, 0.3) is 0 Å². The fourth-order valence-corrected chi connectivity index (χ4v) is 3.67. The largest absolute Gasteiger partial charge is 0.488 e. The van der Waals surface area contributed by atoms with Crippen LogP contribution in [0, 0.1) is 5.92 Å². The van der Waals surface area contributed by atoms with E-state index in [0.717, 1.165) is 31.2 Å². The van der Waals surface area contributed by atoms with E-state index in [0.29, 0.717) is 12.1 Å². The molecule has 3 nitrogen and oxygen atoms in total. The number of nitrogens with one attached hydrogen (secondary N) is 1. The van der Waals surface area contributed by atoms with Crippen LogP contribution in [-0.2, 0) is 6.42 Å². The molecule has 0 radical (unpaired) electrons. The van der Waals surface area contributed by atoms with Crippen molar-refractivity contribution in [2.75, 3.05) is 26.2 Å². The van der Waals surface area contributed by atoms with Gasteiger partial charge in [-0.2, -0.15) is 0 Å². The van der Waals surface area contributed by atoms with Crippen LogP contribution < -0.4 is 10.1 Å². The van der Waals surface area contributed by atoms with E-state index >= 15 is 0 Å². The van der Waals surface area contributed by atoms with Crippen LogP contribution in [0.25, 0.3) is 0 Å². The highest BCUT2D eigenvalue weighted by atomic mass is 16.5. The minimum atomic E-state index is 0.342. The van der Waals surface area contributed by atoms with Gasteiger partial charge in [0.2, 0.25) is 0 Å². The molecule has 1 aromatic carbocycles. The van der Waals surface area contributed by atoms with Gasteiger partial charge in [-0.05, 0) is 43.5 Å². The van der Waals surface area contributed by atoms with Gasteiger partial charge in [-0.15, -0.1) is 0 Å². The molecule has 3 rings (SSSR count). The van der Waals surface area contributed by atoms with Crippen molar-refractivity contribution in [2.45, 2.75) is 45.3 Å². The number of hydrogen-bond acceptors (Lipinski definition) is 3. The number of fused-ring (bicyclic) bond motifs is 1. The molecule has 0 bridgehead atoms. The highest BCUT2D eigenvalue weighted by Gasteiger charge is 2.29. The molecule has 0 amide bonds. The Morgan fingerprint density at radius 2 is 2.19 bits per heavy atom. The van der Waals surface area contributed by atoms with Gasteiger partial charge in [-0.1, -0.05) is 32.0 Å². The zero-order chi connectivity index (χ0) is 14.7. The smallest absolute Gasteiger partial charge is 0.123 e. The van der Waals surface area contributed by atoms with Gasteiger partial charge in [-0.25, -0.2) is 0 Å². The van der Waals surface area contributed by atoms with Crippen molar-refractivity contribution >= 4 is 0 Å². The molecule has 1 saturated heterocycles. The van der Waals surface area contributed by atoms with Crippen molar-refractivity contribution < 1.29 is 4.74 Å². The van der Waals surface area contributed by atoms with Crippen LogP contribution in [-0.4, -0.2) is 43.2 Å². The van der Waals surface area contributed by atoms with E-state index < -0.39 is 0 Å². The standard InChI is InChI=1S/C18H28N2O/c1-3-9-19-17-8-10-20(12-14(17)2)13-16-11-15-6-4-5-7-18(15)21-16/h4-7,14,16-17,19H,3,8-13H2,1-2H3. The summed E-state index contributed by atoms with van der Waals surface area (Å²) in [6, 6.07) is 9.16. The lowest BCUT2D eigenvalue weighted by Crippen LogP contribution is -2.50. The number of hydrogen-bond donors (Lipinski definition) is 1. The molecule has 0 spiro atoms. The molecule has 0 saturated carbocycles. The second-order valence-corrected chi connectivity index (χ2v) is 6.64. The minimum Gasteiger partial charge on any atom is -0.488 e. The highest BCUT2D eigenvalue weighted by molar-refractivity contribution is 5.37. The summed E-state index contributed by atoms with van der Waals surface area (Å²) in [7, 11) is 0. The fourth-order valence-electron chi connectivity index (χ4n) is 3.67. The summed E-state index contributed by atoms with van der Waals surface area (Å²) in [4.78, 5) is 2.59. The summed E-state index contributed by atoms with van der Waals surface area (Å²) < 4.78 is 6.08. The van der Waals surface area contributed by atoms with E-state index in [2.05, 4.69) is 48.3 Å². The molecule has 2 aliphatic heterocycles.